The molecule has 0 atom stereocenters. The minimum absolute atomic E-state index is 0.279. The van der Waals surface area contributed by atoms with E-state index >= 15 is 0 Å². The number of nitrogens with one attached hydrogen (secondary N) is 2. The molecule has 0 saturated carbocycles. The van der Waals surface area contributed by atoms with Gasteiger partial charge in [0, 0.05) is 14.1 Å². The molecule has 0 saturated heterocycles. The first kappa shape index (κ1) is 12.4. The number of hydrogen-bond acceptors (Lipinski definition) is 4. The van der Waals surface area contributed by atoms with Gasteiger partial charge in [0.15, 0.2) is 11.5 Å². The molecule has 8 nitrogen and oxygen atoms in total. The van der Waals surface area contributed by atoms with E-state index in [4.69, 9.17) is 0 Å². The molecular weight excluding hydrogens is 260 g/mol. The standard InChI is InChI=1S/C12H14N6O2/c1-4-6-5-7(18(3)16-6)9-13-8-10(14-9)17(2)12(20)15-11(8)19/h5H,4H2,1-3H3,(H,13,14)(H,15,19,20). The van der Waals surface area contributed by atoms with Crippen LogP contribution < -0.4 is 11.2 Å². The number of imidazole rings is 1. The van der Waals surface area contributed by atoms with Gasteiger partial charge in [-0.15, -0.1) is 0 Å². The van der Waals surface area contributed by atoms with Crippen LogP contribution in [-0.2, 0) is 20.5 Å². The van der Waals surface area contributed by atoms with Crippen molar-refractivity contribution in [3.05, 3.63) is 32.6 Å². The van der Waals surface area contributed by atoms with Gasteiger partial charge < -0.3 is 4.98 Å². The Labute approximate surface area is 113 Å². The van der Waals surface area contributed by atoms with Gasteiger partial charge in [0.05, 0.1) is 5.69 Å². The normalized spacial score (nSPS) is 11.3. The van der Waals surface area contributed by atoms with Gasteiger partial charge in [-0.3, -0.25) is 19.0 Å². The summed E-state index contributed by atoms with van der Waals surface area (Å²) in [5.74, 6) is 0.515. The van der Waals surface area contributed by atoms with Gasteiger partial charge in [0.25, 0.3) is 5.56 Å². The lowest BCUT2D eigenvalue weighted by molar-refractivity contribution is 0.749. The van der Waals surface area contributed by atoms with E-state index in [-0.39, 0.29) is 5.52 Å². The number of nitrogens with zero attached hydrogens (tertiary/aromatic N) is 4. The molecule has 8 heteroatoms. The highest BCUT2D eigenvalue weighted by atomic mass is 16.2. The Morgan fingerprint density at radius 2 is 2.00 bits per heavy atom. The average Bonchev–Trinajstić information content (AvgIpc) is 2.99. The van der Waals surface area contributed by atoms with E-state index in [0.717, 1.165) is 17.8 Å². The Kier molecular flexibility index (Phi) is 2.60. The van der Waals surface area contributed by atoms with Crippen LogP contribution in [0, 0.1) is 0 Å². The van der Waals surface area contributed by atoms with Gasteiger partial charge in [-0.05, 0) is 12.5 Å². The Morgan fingerprint density at radius 3 is 2.65 bits per heavy atom. The van der Waals surface area contributed by atoms with Gasteiger partial charge >= 0.3 is 5.69 Å². The van der Waals surface area contributed by atoms with Crippen molar-refractivity contribution in [2.24, 2.45) is 14.1 Å². The first-order valence-electron chi connectivity index (χ1n) is 6.23. The largest absolute Gasteiger partial charge is 0.331 e. The predicted molar refractivity (Wildman–Crippen MR) is 73.5 cm³/mol. The number of aromatic amines is 2. The van der Waals surface area contributed by atoms with Crippen molar-refractivity contribution in [1.82, 2.24) is 29.3 Å². The lowest BCUT2D eigenvalue weighted by atomic mass is 10.3. The zero-order valence-corrected chi connectivity index (χ0v) is 11.4. The maximum Gasteiger partial charge on any atom is 0.329 e. The van der Waals surface area contributed by atoms with Gasteiger partial charge in [-0.25, -0.2) is 9.78 Å². The smallest absolute Gasteiger partial charge is 0.329 e. The Morgan fingerprint density at radius 1 is 1.25 bits per heavy atom. The molecule has 0 bridgehead atoms. The first-order chi connectivity index (χ1) is 9.51. The molecule has 0 fully saturated rings. The number of aryl methyl sites for hydroxylation is 3. The third-order valence-corrected chi connectivity index (χ3v) is 3.29. The Balaban J connectivity index is 2.30. The molecule has 0 amide bonds. The lowest BCUT2D eigenvalue weighted by Crippen LogP contribution is -2.28. The van der Waals surface area contributed by atoms with Crippen LogP contribution in [0.4, 0.5) is 0 Å². The molecule has 3 rings (SSSR count). The molecule has 0 aliphatic heterocycles. The number of rotatable bonds is 2. The highest BCUT2D eigenvalue weighted by molar-refractivity contribution is 5.74. The van der Waals surface area contributed by atoms with Gasteiger partial charge in [0.1, 0.15) is 11.2 Å². The van der Waals surface area contributed by atoms with Crippen LogP contribution in [-0.4, -0.2) is 29.3 Å². The second-order valence-corrected chi connectivity index (χ2v) is 4.60. The van der Waals surface area contributed by atoms with E-state index in [1.165, 1.54) is 4.57 Å². The fourth-order valence-electron chi connectivity index (χ4n) is 2.15. The maximum absolute atomic E-state index is 11.8. The number of fused-ring (bicyclic) bond motifs is 1. The SMILES string of the molecule is CCc1cc(-c2nc3c([nH]2)c(=O)[nH]c(=O)n3C)n(C)n1. The average molecular weight is 274 g/mol. The second kappa shape index (κ2) is 4.19. The van der Waals surface area contributed by atoms with Crippen molar-refractivity contribution in [2.45, 2.75) is 13.3 Å². The van der Waals surface area contributed by atoms with Crippen molar-refractivity contribution in [2.75, 3.05) is 0 Å². The van der Waals surface area contributed by atoms with Crippen LogP contribution in [0.15, 0.2) is 15.7 Å². The van der Waals surface area contributed by atoms with Gasteiger partial charge in [-0.1, -0.05) is 6.92 Å². The molecule has 3 heterocycles. The molecule has 0 unspecified atom stereocenters. The summed E-state index contributed by atoms with van der Waals surface area (Å²) in [4.78, 5) is 32.9. The topological polar surface area (TPSA) is 101 Å². The van der Waals surface area contributed by atoms with Crippen molar-refractivity contribution < 1.29 is 0 Å². The summed E-state index contributed by atoms with van der Waals surface area (Å²) in [6.45, 7) is 2.01. The Hall–Kier alpha value is -2.64. The first-order valence-corrected chi connectivity index (χ1v) is 6.23. The summed E-state index contributed by atoms with van der Waals surface area (Å²) in [5.41, 5.74) is 1.35. The van der Waals surface area contributed by atoms with Crippen LogP contribution in [0.1, 0.15) is 12.6 Å². The van der Waals surface area contributed by atoms with Crippen molar-refractivity contribution in [3.63, 3.8) is 0 Å². The zero-order valence-electron chi connectivity index (χ0n) is 11.4. The van der Waals surface area contributed by atoms with E-state index in [9.17, 15) is 9.59 Å². The molecule has 3 aromatic heterocycles. The molecule has 0 radical (unpaired) electrons. The molecule has 3 aromatic rings. The third-order valence-electron chi connectivity index (χ3n) is 3.29. The fraction of sp³-hybridized carbons (Fsp3) is 0.333. The molecule has 0 spiro atoms. The van der Waals surface area contributed by atoms with Crippen molar-refractivity contribution >= 4 is 11.2 Å². The summed E-state index contributed by atoms with van der Waals surface area (Å²) in [7, 11) is 3.37. The number of aromatic nitrogens is 6. The molecular formula is C12H14N6O2. The summed E-state index contributed by atoms with van der Waals surface area (Å²) < 4.78 is 3.00. The van der Waals surface area contributed by atoms with Crippen molar-refractivity contribution in [1.29, 1.82) is 0 Å². The minimum atomic E-state index is -0.486. The second-order valence-electron chi connectivity index (χ2n) is 4.60. The van der Waals surface area contributed by atoms with Crippen LogP contribution in [0.2, 0.25) is 0 Å². The van der Waals surface area contributed by atoms with E-state index in [0.29, 0.717) is 11.5 Å². The van der Waals surface area contributed by atoms with E-state index < -0.39 is 11.2 Å². The summed E-state index contributed by atoms with van der Waals surface area (Å²) >= 11 is 0. The van der Waals surface area contributed by atoms with Crippen LogP contribution in [0.5, 0.6) is 0 Å². The van der Waals surface area contributed by atoms with Crippen molar-refractivity contribution in [3.8, 4) is 11.5 Å². The monoisotopic (exact) mass is 274 g/mol. The maximum atomic E-state index is 11.8. The quantitative estimate of drug-likeness (QED) is 0.682. The van der Waals surface area contributed by atoms with Gasteiger partial charge in [-0.2, -0.15) is 5.10 Å². The van der Waals surface area contributed by atoms with Crippen LogP contribution >= 0.6 is 0 Å². The van der Waals surface area contributed by atoms with Crippen LogP contribution in [0.3, 0.4) is 0 Å². The summed E-state index contributed by atoms with van der Waals surface area (Å²) in [5, 5.41) is 4.34. The van der Waals surface area contributed by atoms with Gasteiger partial charge in [0.2, 0.25) is 0 Å². The summed E-state index contributed by atoms with van der Waals surface area (Å²) in [6.07, 6.45) is 0.813. The number of hydrogen-bond donors (Lipinski definition) is 2. The number of H-pyrrole nitrogens is 2. The third kappa shape index (κ3) is 1.68. The van der Waals surface area contributed by atoms with E-state index in [1.54, 1.807) is 11.7 Å². The fourth-order valence-corrected chi connectivity index (χ4v) is 2.15. The minimum Gasteiger partial charge on any atom is -0.331 e. The van der Waals surface area contributed by atoms with E-state index in [2.05, 4.69) is 20.1 Å². The lowest BCUT2D eigenvalue weighted by Gasteiger charge is -1.95. The summed E-state index contributed by atoms with van der Waals surface area (Å²) in [6, 6.07) is 1.91. The highest BCUT2D eigenvalue weighted by Gasteiger charge is 2.15. The predicted octanol–water partition coefficient (Wildman–Crippen LogP) is -0.0872. The molecule has 2 N–H and O–H groups in total. The molecule has 104 valence electrons. The van der Waals surface area contributed by atoms with E-state index in [1.807, 2.05) is 20.0 Å². The highest BCUT2D eigenvalue weighted by Crippen LogP contribution is 2.18. The molecule has 0 aliphatic carbocycles. The van der Waals surface area contributed by atoms with Crippen LogP contribution in [0.25, 0.3) is 22.7 Å². The zero-order chi connectivity index (χ0) is 14.4. The molecule has 0 aromatic carbocycles. The molecule has 0 aliphatic rings. The Bertz CT molecular complexity index is 910. The molecule has 20 heavy (non-hydrogen) atoms.